The predicted molar refractivity (Wildman–Crippen MR) is 79.1 cm³/mol. The molecule has 116 valence electrons. The monoisotopic (exact) mass is 303 g/mol. The molecular formula is C13H17N7O2. The molecule has 22 heavy (non-hydrogen) atoms. The van der Waals surface area contributed by atoms with Gasteiger partial charge in [-0.2, -0.15) is 0 Å². The van der Waals surface area contributed by atoms with E-state index in [2.05, 4.69) is 20.1 Å². The maximum atomic E-state index is 11.4. The highest BCUT2D eigenvalue weighted by Gasteiger charge is 2.67. The van der Waals surface area contributed by atoms with Crippen molar-refractivity contribution in [1.82, 2.24) is 0 Å². The van der Waals surface area contributed by atoms with Crippen LogP contribution in [0.15, 0.2) is 21.9 Å². The molecule has 0 heterocycles. The fourth-order valence-corrected chi connectivity index (χ4v) is 3.12. The van der Waals surface area contributed by atoms with Gasteiger partial charge in [0.25, 0.3) is 0 Å². The summed E-state index contributed by atoms with van der Waals surface area (Å²) in [5, 5.41) is 14.1. The Balaban J connectivity index is 2.10. The third kappa shape index (κ3) is 3.39. The maximum Gasteiger partial charge on any atom is 0.349 e. The first-order valence-electron chi connectivity index (χ1n) is 7.00. The summed E-state index contributed by atoms with van der Waals surface area (Å²) in [6, 6.07) is 0. The summed E-state index contributed by atoms with van der Waals surface area (Å²) in [4.78, 5) is 16.9. The molecular weight excluding hydrogens is 286 g/mol. The number of nitrogens with one attached hydrogen (secondary N) is 1. The minimum atomic E-state index is -0.638. The Labute approximate surface area is 127 Å². The molecule has 0 aromatic heterocycles. The van der Waals surface area contributed by atoms with E-state index < -0.39 is 11.6 Å². The molecule has 0 aliphatic heterocycles. The second-order valence-electron chi connectivity index (χ2n) is 5.71. The molecule has 0 radical (unpaired) electrons. The second kappa shape index (κ2) is 6.51. The third-order valence-electron chi connectivity index (χ3n) is 4.22. The van der Waals surface area contributed by atoms with Gasteiger partial charge in [0.05, 0.1) is 0 Å². The number of carbonyl (C=O) groups is 1. The van der Waals surface area contributed by atoms with Crippen LogP contribution in [0.5, 0.6) is 0 Å². The van der Waals surface area contributed by atoms with E-state index in [0.717, 1.165) is 18.4 Å². The number of rotatable bonds is 8. The lowest BCUT2D eigenvalue weighted by molar-refractivity contribution is -0.143. The highest BCUT2D eigenvalue weighted by molar-refractivity contribution is 6.21. The van der Waals surface area contributed by atoms with E-state index in [9.17, 15) is 4.79 Å². The quantitative estimate of drug-likeness (QED) is 0.183. The first-order valence-corrected chi connectivity index (χ1v) is 7.00. The van der Waals surface area contributed by atoms with Crippen molar-refractivity contribution in [2.45, 2.75) is 25.4 Å². The van der Waals surface area contributed by atoms with Crippen molar-refractivity contribution in [3.63, 3.8) is 0 Å². The number of esters is 1. The normalized spacial score (nSPS) is 27.9. The van der Waals surface area contributed by atoms with Gasteiger partial charge in [0, 0.05) is 28.8 Å². The van der Waals surface area contributed by atoms with Crippen LogP contribution in [0, 0.1) is 23.2 Å². The van der Waals surface area contributed by atoms with E-state index in [-0.39, 0.29) is 17.8 Å². The topological polar surface area (TPSA) is 148 Å². The summed E-state index contributed by atoms with van der Waals surface area (Å²) < 4.78 is 5.40. The van der Waals surface area contributed by atoms with Crippen LogP contribution >= 0.6 is 0 Å². The molecule has 0 spiro atoms. The van der Waals surface area contributed by atoms with Gasteiger partial charge in [-0.25, -0.2) is 4.79 Å². The molecule has 0 bridgehead atoms. The minimum Gasteiger partial charge on any atom is -0.454 e. The largest absolute Gasteiger partial charge is 0.454 e. The van der Waals surface area contributed by atoms with E-state index in [1.807, 2.05) is 13.0 Å². The van der Waals surface area contributed by atoms with E-state index in [1.165, 1.54) is 0 Å². The zero-order valence-electron chi connectivity index (χ0n) is 12.2. The smallest absolute Gasteiger partial charge is 0.349 e. The first-order chi connectivity index (χ1) is 10.6. The van der Waals surface area contributed by atoms with Crippen LogP contribution in [-0.2, 0) is 9.53 Å². The van der Waals surface area contributed by atoms with Gasteiger partial charge in [-0.05, 0) is 42.7 Å². The van der Waals surface area contributed by atoms with Gasteiger partial charge >= 0.3 is 5.97 Å². The van der Waals surface area contributed by atoms with Crippen LogP contribution in [0.2, 0.25) is 0 Å². The Morgan fingerprint density at radius 1 is 1.41 bits per heavy atom. The summed E-state index contributed by atoms with van der Waals surface area (Å²) in [7, 11) is 0. The number of hydrogen-bond acceptors (Lipinski definition) is 5. The van der Waals surface area contributed by atoms with E-state index in [4.69, 9.17) is 21.2 Å². The summed E-state index contributed by atoms with van der Waals surface area (Å²) >= 11 is 0. The molecule has 3 atom stereocenters. The fourth-order valence-electron chi connectivity index (χ4n) is 3.12. The van der Waals surface area contributed by atoms with Crippen LogP contribution in [0.4, 0.5) is 0 Å². The number of ether oxygens (including phenoxy) is 1. The molecule has 9 nitrogen and oxygen atoms in total. The zero-order chi connectivity index (χ0) is 16.2. The standard InChI is InChI=1S/C13H17N7O2/c1-8(6-17-19-15)4-9-10(7-18-20-16)12(9)13(2-3-13)22-11(21)5-14/h4-5,9-10,12,14H,2-3,6-7H2,1H3/b8-4+,14-5?. The van der Waals surface area contributed by atoms with Crippen LogP contribution in [0.25, 0.3) is 20.9 Å². The average molecular weight is 303 g/mol. The summed E-state index contributed by atoms with van der Waals surface area (Å²) in [5.41, 5.74) is 17.2. The number of nitrogens with zero attached hydrogens (tertiary/aromatic N) is 6. The Bertz CT molecular complexity index is 598. The SMILES string of the molecule is C/C(=C\C1C(CN=[N+]=[N-])C1C1(OC(=O)C=N)CC1)CN=[N+]=[N-]. The van der Waals surface area contributed by atoms with Crippen LogP contribution in [-0.4, -0.2) is 30.9 Å². The average Bonchev–Trinajstić information content (AvgIpc) is 3.40. The minimum absolute atomic E-state index is 0.0999. The van der Waals surface area contributed by atoms with E-state index in [0.29, 0.717) is 19.3 Å². The van der Waals surface area contributed by atoms with Crippen LogP contribution < -0.4 is 0 Å². The molecule has 0 saturated heterocycles. The molecule has 9 heteroatoms. The molecule has 0 aromatic rings. The van der Waals surface area contributed by atoms with Crippen molar-refractivity contribution in [1.29, 1.82) is 5.41 Å². The van der Waals surface area contributed by atoms with Gasteiger partial charge in [-0.1, -0.05) is 21.9 Å². The Kier molecular flexibility index (Phi) is 4.70. The summed E-state index contributed by atoms with van der Waals surface area (Å²) in [6.07, 6.45) is 4.21. The number of azide groups is 2. The van der Waals surface area contributed by atoms with Gasteiger partial charge in [0.2, 0.25) is 0 Å². The van der Waals surface area contributed by atoms with Gasteiger partial charge in [0.1, 0.15) is 11.8 Å². The highest BCUT2D eigenvalue weighted by Crippen LogP contribution is 2.64. The lowest BCUT2D eigenvalue weighted by Gasteiger charge is -2.15. The van der Waals surface area contributed by atoms with Gasteiger partial charge in [-0.3, -0.25) is 0 Å². The number of allylic oxidation sites excluding steroid dienone is 1. The van der Waals surface area contributed by atoms with Crippen molar-refractivity contribution >= 4 is 12.2 Å². The molecule has 0 amide bonds. The molecule has 2 rings (SSSR count). The maximum absolute atomic E-state index is 11.4. The van der Waals surface area contributed by atoms with Crippen molar-refractivity contribution in [2.75, 3.05) is 13.1 Å². The summed E-state index contributed by atoms with van der Waals surface area (Å²) in [5.74, 6) is -0.276. The van der Waals surface area contributed by atoms with Crippen molar-refractivity contribution in [2.24, 2.45) is 28.0 Å². The van der Waals surface area contributed by atoms with E-state index >= 15 is 0 Å². The predicted octanol–water partition coefficient (Wildman–Crippen LogP) is 3.14. The first kappa shape index (κ1) is 15.9. The van der Waals surface area contributed by atoms with E-state index in [1.54, 1.807) is 0 Å². The Hall–Kier alpha value is -2.50. The van der Waals surface area contributed by atoms with Gasteiger partial charge in [-0.15, -0.1) is 0 Å². The van der Waals surface area contributed by atoms with Gasteiger partial charge in [0.15, 0.2) is 0 Å². The second-order valence-corrected chi connectivity index (χ2v) is 5.71. The Morgan fingerprint density at radius 3 is 2.64 bits per heavy atom. The van der Waals surface area contributed by atoms with Crippen LogP contribution in [0.3, 0.4) is 0 Å². The molecule has 2 saturated carbocycles. The van der Waals surface area contributed by atoms with Crippen molar-refractivity contribution < 1.29 is 9.53 Å². The molecule has 3 unspecified atom stereocenters. The summed E-state index contributed by atoms with van der Waals surface area (Å²) in [6.45, 7) is 2.51. The lowest BCUT2D eigenvalue weighted by Crippen LogP contribution is -2.24. The van der Waals surface area contributed by atoms with Crippen molar-refractivity contribution in [3.05, 3.63) is 32.5 Å². The van der Waals surface area contributed by atoms with Gasteiger partial charge < -0.3 is 10.1 Å². The Morgan fingerprint density at radius 2 is 2.09 bits per heavy atom. The molecule has 1 N–H and O–H groups in total. The molecule has 2 aliphatic rings. The zero-order valence-corrected chi connectivity index (χ0v) is 12.2. The fraction of sp³-hybridized carbons (Fsp3) is 0.692. The third-order valence-corrected chi connectivity index (χ3v) is 4.22. The molecule has 2 fully saturated rings. The highest BCUT2D eigenvalue weighted by atomic mass is 16.6. The lowest BCUT2D eigenvalue weighted by atomic mass is 10.1. The van der Waals surface area contributed by atoms with Crippen molar-refractivity contribution in [3.8, 4) is 0 Å². The molecule has 0 aromatic carbocycles. The van der Waals surface area contributed by atoms with Crippen LogP contribution in [0.1, 0.15) is 19.8 Å². The number of hydrogen-bond donors (Lipinski definition) is 1. The molecule has 2 aliphatic carbocycles. The number of carbonyl (C=O) groups excluding carboxylic acids is 1.